The Morgan fingerprint density at radius 1 is 1.23 bits per heavy atom. The first kappa shape index (κ1) is 21.8. The van der Waals surface area contributed by atoms with Gasteiger partial charge in [-0.2, -0.15) is 0 Å². The summed E-state index contributed by atoms with van der Waals surface area (Å²) >= 11 is 0. The summed E-state index contributed by atoms with van der Waals surface area (Å²) < 4.78 is 43.8. The van der Waals surface area contributed by atoms with Crippen molar-refractivity contribution in [1.82, 2.24) is 9.97 Å². The molecule has 0 spiro atoms. The van der Waals surface area contributed by atoms with E-state index in [0.29, 0.717) is 5.56 Å². The number of carbonyl (C=O) groups excluding carboxylic acids is 1. The zero-order chi connectivity index (χ0) is 22.3. The lowest BCUT2D eigenvalue weighted by Crippen LogP contribution is -2.55. The number of ketones is 1. The van der Waals surface area contributed by atoms with Crippen molar-refractivity contribution in [3.63, 3.8) is 0 Å². The van der Waals surface area contributed by atoms with Gasteiger partial charge < -0.3 is 10.5 Å². The summed E-state index contributed by atoms with van der Waals surface area (Å²) in [6, 6.07) is 4.11. The number of Topliss-reactive ketones (excluding diaryl/α,β-unsaturated/α-hetero) is 1. The molecule has 1 aliphatic rings. The van der Waals surface area contributed by atoms with Gasteiger partial charge >= 0.3 is 0 Å². The van der Waals surface area contributed by atoms with Crippen LogP contribution in [0, 0.1) is 5.82 Å². The molecule has 8 nitrogen and oxygen atoms in total. The van der Waals surface area contributed by atoms with Gasteiger partial charge in [0.05, 0.1) is 25.3 Å². The second-order valence-electron chi connectivity index (χ2n) is 7.90. The molecular formula is C20H23FN4O4S. The Bertz CT molecular complexity index is 1130. The van der Waals surface area contributed by atoms with Gasteiger partial charge in [0.2, 0.25) is 5.88 Å². The van der Waals surface area contributed by atoms with Crippen LogP contribution in [0.5, 0.6) is 5.88 Å². The molecule has 2 aromatic rings. The Morgan fingerprint density at radius 3 is 2.50 bits per heavy atom. The molecule has 2 N–H and O–H groups in total. The van der Waals surface area contributed by atoms with Crippen LogP contribution < -0.4 is 10.5 Å². The first-order valence-corrected chi connectivity index (χ1v) is 10.8. The molecule has 3 rings (SSSR count). The van der Waals surface area contributed by atoms with Gasteiger partial charge in [-0.15, -0.1) is 0 Å². The Hall–Kier alpha value is -2.88. The molecule has 0 amide bonds. The molecule has 0 aliphatic carbocycles. The molecule has 160 valence electrons. The molecule has 0 saturated heterocycles. The highest BCUT2D eigenvalue weighted by molar-refractivity contribution is 7.93. The van der Waals surface area contributed by atoms with Gasteiger partial charge in [0.25, 0.3) is 0 Å². The van der Waals surface area contributed by atoms with Crippen molar-refractivity contribution in [3.8, 4) is 5.88 Å². The maximum atomic E-state index is 14.7. The van der Waals surface area contributed by atoms with Crippen molar-refractivity contribution in [2.75, 3.05) is 12.9 Å². The van der Waals surface area contributed by atoms with Crippen LogP contribution in [0.1, 0.15) is 42.4 Å². The number of hydrogen-bond donors (Lipinski definition) is 1. The zero-order valence-corrected chi connectivity index (χ0v) is 18.0. The van der Waals surface area contributed by atoms with E-state index in [1.807, 2.05) is 0 Å². The average Bonchev–Trinajstić information content (AvgIpc) is 2.67. The molecule has 10 heteroatoms. The molecule has 2 heterocycles. The summed E-state index contributed by atoms with van der Waals surface area (Å²) in [4.78, 5) is 24.8. The number of rotatable bonds is 5. The van der Waals surface area contributed by atoms with Gasteiger partial charge in [-0.05, 0) is 38.5 Å². The molecule has 1 aliphatic heterocycles. The van der Waals surface area contributed by atoms with E-state index in [1.165, 1.54) is 58.5 Å². The number of aliphatic imine (C=N–C) groups is 1. The van der Waals surface area contributed by atoms with Crippen molar-refractivity contribution in [3.05, 3.63) is 53.2 Å². The number of carbonyl (C=O) groups is 1. The summed E-state index contributed by atoms with van der Waals surface area (Å²) in [6.07, 6.45) is 2.56. The standard InChI is InChI=1S/C20H23FN4O4S/c1-19(2)18(22)25-20(3,11-30(19,27)28)13-7-12(5-6-14(13)21)8-16(26)15-9-24-17(29-4)10-23-15/h5-7,9-10H,8,11H2,1-4H3,(H2,22,25)/t20-/m0/s1. The number of ether oxygens (including phenoxy) is 1. The van der Waals surface area contributed by atoms with Crippen molar-refractivity contribution < 1.29 is 22.3 Å². The third kappa shape index (κ3) is 3.79. The molecule has 1 aromatic heterocycles. The van der Waals surface area contributed by atoms with E-state index in [0.717, 1.165) is 0 Å². The topological polar surface area (TPSA) is 125 Å². The van der Waals surface area contributed by atoms with E-state index < -0.39 is 31.7 Å². The van der Waals surface area contributed by atoms with E-state index in [4.69, 9.17) is 10.5 Å². The Labute approximate surface area is 174 Å². The second-order valence-corrected chi connectivity index (χ2v) is 10.4. The maximum absolute atomic E-state index is 14.7. The fraction of sp³-hybridized carbons (Fsp3) is 0.400. The minimum absolute atomic E-state index is 0.0654. The highest BCUT2D eigenvalue weighted by Crippen LogP contribution is 2.38. The fourth-order valence-corrected chi connectivity index (χ4v) is 4.90. The molecule has 1 aromatic carbocycles. The van der Waals surface area contributed by atoms with Crippen LogP contribution in [0.15, 0.2) is 35.6 Å². The summed E-state index contributed by atoms with van der Waals surface area (Å²) in [5, 5.41) is 0. The number of nitrogens with zero attached hydrogens (tertiary/aromatic N) is 3. The lowest BCUT2D eigenvalue weighted by atomic mass is 9.90. The lowest BCUT2D eigenvalue weighted by molar-refractivity contribution is 0.0987. The lowest BCUT2D eigenvalue weighted by Gasteiger charge is -2.38. The predicted octanol–water partition coefficient (Wildman–Crippen LogP) is 1.83. The van der Waals surface area contributed by atoms with E-state index >= 15 is 0 Å². The monoisotopic (exact) mass is 434 g/mol. The summed E-state index contributed by atoms with van der Waals surface area (Å²) in [5.41, 5.74) is 5.23. The van der Waals surface area contributed by atoms with Gasteiger partial charge in [-0.25, -0.2) is 22.8 Å². The fourth-order valence-electron chi connectivity index (χ4n) is 3.22. The highest BCUT2D eigenvalue weighted by Gasteiger charge is 2.49. The quantitative estimate of drug-likeness (QED) is 0.712. The number of sulfone groups is 1. The summed E-state index contributed by atoms with van der Waals surface area (Å²) in [6.45, 7) is 4.47. The van der Waals surface area contributed by atoms with Crippen molar-refractivity contribution in [2.45, 2.75) is 37.5 Å². The number of hydrogen-bond acceptors (Lipinski definition) is 8. The number of nitrogens with two attached hydrogens (primary N) is 1. The molecule has 0 fully saturated rings. The van der Waals surface area contributed by atoms with Gasteiger partial charge in [0, 0.05) is 12.0 Å². The normalized spacial score (nSPS) is 22.2. The van der Waals surface area contributed by atoms with E-state index in [1.54, 1.807) is 0 Å². The van der Waals surface area contributed by atoms with E-state index in [9.17, 15) is 17.6 Å². The van der Waals surface area contributed by atoms with Crippen molar-refractivity contribution >= 4 is 21.5 Å². The number of amidine groups is 1. The maximum Gasteiger partial charge on any atom is 0.232 e. The van der Waals surface area contributed by atoms with Crippen molar-refractivity contribution in [1.29, 1.82) is 0 Å². The molecular weight excluding hydrogens is 411 g/mol. The number of halogens is 1. The number of methoxy groups -OCH3 is 1. The molecule has 0 radical (unpaired) electrons. The van der Waals surface area contributed by atoms with Crippen molar-refractivity contribution in [2.24, 2.45) is 10.7 Å². The van der Waals surface area contributed by atoms with Gasteiger partial charge in [-0.1, -0.05) is 6.07 Å². The van der Waals surface area contributed by atoms with E-state index in [2.05, 4.69) is 15.0 Å². The third-order valence-electron chi connectivity index (χ3n) is 5.33. The van der Waals surface area contributed by atoms with Crippen LogP contribution >= 0.6 is 0 Å². The molecule has 0 saturated carbocycles. The first-order chi connectivity index (χ1) is 13.9. The summed E-state index contributed by atoms with van der Waals surface area (Å²) in [5.74, 6) is -1.14. The average molecular weight is 434 g/mol. The number of aromatic nitrogens is 2. The molecule has 0 unspecified atom stereocenters. The largest absolute Gasteiger partial charge is 0.480 e. The number of benzene rings is 1. The van der Waals surface area contributed by atoms with Crippen LogP contribution in [0.25, 0.3) is 0 Å². The molecule has 1 atom stereocenters. The zero-order valence-electron chi connectivity index (χ0n) is 17.1. The van der Waals surface area contributed by atoms with E-state index in [-0.39, 0.29) is 35.2 Å². The second kappa shape index (κ2) is 7.42. The van der Waals surface area contributed by atoms with Crippen LogP contribution in [0.3, 0.4) is 0 Å². The van der Waals surface area contributed by atoms with Crippen LogP contribution in [0.2, 0.25) is 0 Å². The van der Waals surface area contributed by atoms with Gasteiger partial charge in [0.15, 0.2) is 15.6 Å². The van der Waals surface area contributed by atoms with Crippen LogP contribution in [0.4, 0.5) is 4.39 Å². The Morgan fingerprint density at radius 2 is 1.93 bits per heavy atom. The molecule has 0 bridgehead atoms. The van der Waals surface area contributed by atoms with Gasteiger partial charge in [0.1, 0.15) is 27.6 Å². The highest BCUT2D eigenvalue weighted by atomic mass is 32.2. The van der Waals surface area contributed by atoms with Gasteiger partial charge in [-0.3, -0.25) is 9.79 Å². The first-order valence-electron chi connectivity index (χ1n) is 9.16. The third-order valence-corrected chi connectivity index (χ3v) is 8.04. The smallest absolute Gasteiger partial charge is 0.232 e. The van der Waals surface area contributed by atoms with Crippen LogP contribution in [-0.2, 0) is 21.8 Å². The Balaban J connectivity index is 1.95. The predicted molar refractivity (Wildman–Crippen MR) is 110 cm³/mol. The van der Waals surface area contributed by atoms with Crippen LogP contribution in [-0.4, -0.2) is 47.6 Å². The minimum atomic E-state index is -3.69. The summed E-state index contributed by atoms with van der Waals surface area (Å²) in [7, 11) is -2.25. The minimum Gasteiger partial charge on any atom is -0.480 e. The Kier molecular flexibility index (Phi) is 5.40. The molecule has 30 heavy (non-hydrogen) atoms. The SMILES string of the molecule is COc1cnc(C(=O)Cc2ccc(F)c([C@]3(C)CS(=O)(=O)C(C)(C)C(N)=N3)c2)cn1.